The van der Waals surface area contributed by atoms with Crippen LogP contribution in [0.15, 0.2) is 63.9 Å². The van der Waals surface area contributed by atoms with Crippen molar-refractivity contribution in [3.63, 3.8) is 0 Å². The van der Waals surface area contributed by atoms with Gasteiger partial charge in [-0.05, 0) is 48.4 Å². The van der Waals surface area contributed by atoms with Crippen LogP contribution in [0.3, 0.4) is 0 Å². The van der Waals surface area contributed by atoms with Crippen molar-refractivity contribution < 1.29 is 28.2 Å². The molecule has 4 rings (SSSR count). The molecule has 0 saturated carbocycles. The van der Waals surface area contributed by atoms with E-state index in [2.05, 4.69) is 0 Å². The maximum Gasteiger partial charge on any atom is 0.337 e. The quantitative estimate of drug-likeness (QED) is 0.190. The van der Waals surface area contributed by atoms with Gasteiger partial charge in [0.1, 0.15) is 15.8 Å². The highest BCUT2D eigenvalue weighted by Crippen LogP contribution is 2.34. The molecule has 0 radical (unpaired) electrons. The number of ether oxygens (including phenoxy) is 3. The lowest BCUT2D eigenvalue weighted by molar-refractivity contribution is -0.122. The molecular formula is C28H29NO6S2. The van der Waals surface area contributed by atoms with E-state index in [1.54, 1.807) is 55.5 Å². The van der Waals surface area contributed by atoms with Crippen LogP contribution in [0.2, 0.25) is 0 Å². The third kappa shape index (κ3) is 6.61. The minimum absolute atomic E-state index is 0.152. The van der Waals surface area contributed by atoms with Crippen molar-refractivity contribution in [2.75, 3.05) is 27.9 Å². The third-order valence-corrected chi connectivity index (χ3v) is 6.81. The van der Waals surface area contributed by atoms with Crippen molar-refractivity contribution in [2.45, 2.75) is 20.3 Å². The van der Waals surface area contributed by atoms with Crippen LogP contribution in [-0.2, 0) is 16.0 Å². The van der Waals surface area contributed by atoms with Crippen LogP contribution in [-0.4, -0.2) is 49.0 Å². The molecule has 1 aromatic heterocycles. The van der Waals surface area contributed by atoms with E-state index in [4.69, 9.17) is 30.8 Å². The van der Waals surface area contributed by atoms with Crippen LogP contribution in [0.5, 0.6) is 11.5 Å². The fourth-order valence-corrected chi connectivity index (χ4v) is 4.86. The van der Waals surface area contributed by atoms with Gasteiger partial charge in [0.2, 0.25) is 0 Å². The lowest BCUT2D eigenvalue weighted by atomic mass is 10.1. The first-order valence-electron chi connectivity index (χ1n) is 11.7. The number of hydrogen-bond donors (Lipinski definition) is 0. The summed E-state index contributed by atoms with van der Waals surface area (Å²) in [5, 5.41) is 0. The van der Waals surface area contributed by atoms with E-state index >= 15 is 0 Å². The summed E-state index contributed by atoms with van der Waals surface area (Å²) >= 11 is 6.70. The maximum atomic E-state index is 13.0. The van der Waals surface area contributed by atoms with Crippen molar-refractivity contribution in [3.05, 3.63) is 76.4 Å². The van der Waals surface area contributed by atoms with Crippen LogP contribution in [0.25, 0.3) is 17.4 Å². The summed E-state index contributed by atoms with van der Waals surface area (Å²) in [7, 11) is 4.52. The van der Waals surface area contributed by atoms with Gasteiger partial charge in [-0.2, -0.15) is 0 Å². The standard InChI is InChI=1S/C26H23NO6S2.C2H6/c1-30-21-10-4-16(14-22(21)31-2)12-13-27-24(28)23(35-26(27)34)15-19-9-11-20(33-19)17-5-7-18(8-6-17)25(29)32-3;1-2/h4-11,14-15H,12-13H2,1-3H3;1-2H3/b23-15+;. The van der Waals surface area contributed by atoms with E-state index in [1.165, 1.54) is 18.9 Å². The molecule has 1 saturated heterocycles. The predicted molar refractivity (Wildman–Crippen MR) is 150 cm³/mol. The Bertz CT molecular complexity index is 1300. The molecule has 1 aliphatic rings. The zero-order valence-electron chi connectivity index (χ0n) is 21.4. The van der Waals surface area contributed by atoms with Gasteiger partial charge in [-0.3, -0.25) is 9.69 Å². The monoisotopic (exact) mass is 539 g/mol. The minimum Gasteiger partial charge on any atom is -0.493 e. The molecule has 0 atom stereocenters. The first-order valence-corrected chi connectivity index (χ1v) is 12.9. The van der Waals surface area contributed by atoms with Crippen LogP contribution in [0, 0.1) is 0 Å². The first kappa shape index (κ1) is 28.0. The molecule has 0 bridgehead atoms. The van der Waals surface area contributed by atoms with Crippen LogP contribution in [0.1, 0.15) is 35.5 Å². The average molecular weight is 540 g/mol. The number of esters is 1. The van der Waals surface area contributed by atoms with E-state index in [9.17, 15) is 9.59 Å². The smallest absolute Gasteiger partial charge is 0.337 e. The van der Waals surface area contributed by atoms with Gasteiger partial charge in [-0.25, -0.2) is 4.79 Å². The van der Waals surface area contributed by atoms with Crippen molar-refractivity contribution in [3.8, 4) is 22.8 Å². The van der Waals surface area contributed by atoms with E-state index in [0.29, 0.717) is 50.8 Å². The first-order chi connectivity index (χ1) is 17.9. The second kappa shape index (κ2) is 13.1. The fourth-order valence-electron chi connectivity index (χ4n) is 3.57. The molecule has 1 aliphatic heterocycles. The van der Waals surface area contributed by atoms with Crippen LogP contribution >= 0.6 is 24.0 Å². The molecule has 0 unspecified atom stereocenters. The van der Waals surface area contributed by atoms with Gasteiger partial charge < -0.3 is 18.6 Å². The Kier molecular flexibility index (Phi) is 9.93. The summed E-state index contributed by atoms with van der Waals surface area (Å²) in [5.74, 6) is 1.91. The van der Waals surface area contributed by atoms with Gasteiger partial charge in [0.15, 0.2) is 11.5 Å². The summed E-state index contributed by atoms with van der Waals surface area (Å²) in [5.41, 5.74) is 2.27. The molecule has 1 fully saturated rings. The number of carbonyl (C=O) groups is 2. The minimum atomic E-state index is -0.398. The number of thioether (sulfide) groups is 1. The Labute approximate surface area is 226 Å². The zero-order chi connectivity index (χ0) is 26.9. The fraction of sp³-hybridized carbons (Fsp3) is 0.250. The van der Waals surface area contributed by atoms with Crippen LogP contribution < -0.4 is 9.47 Å². The Morgan fingerprint density at radius 3 is 2.35 bits per heavy atom. The molecule has 2 aromatic carbocycles. The maximum absolute atomic E-state index is 13.0. The van der Waals surface area contributed by atoms with Gasteiger partial charge in [-0.1, -0.05) is 56.0 Å². The molecule has 2 heterocycles. The van der Waals surface area contributed by atoms with Gasteiger partial charge in [0.05, 0.1) is 31.8 Å². The zero-order valence-corrected chi connectivity index (χ0v) is 23.0. The lowest BCUT2D eigenvalue weighted by Crippen LogP contribution is -2.30. The Balaban J connectivity index is 0.00000186. The topological polar surface area (TPSA) is 78.2 Å². The van der Waals surface area contributed by atoms with E-state index in [1.807, 2.05) is 38.1 Å². The molecule has 0 N–H and O–H groups in total. The van der Waals surface area contributed by atoms with Crippen LogP contribution in [0.4, 0.5) is 0 Å². The number of rotatable bonds is 8. The average Bonchev–Trinajstić information content (AvgIpc) is 3.51. The van der Waals surface area contributed by atoms with Gasteiger partial charge >= 0.3 is 5.97 Å². The highest BCUT2D eigenvalue weighted by molar-refractivity contribution is 8.26. The summed E-state index contributed by atoms with van der Waals surface area (Å²) in [6.07, 6.45) is 2.31. The Hall–Kier alpha value is -3.56. The van der Waals surface area contributed by atoms with Crippen molar-refractivity contribution in [1.29, 1.82) is 0 Å². The van der Waals surface area contributed by atoms with Crippen molar-refractivity contribution in [2.24, 2.45) is 0 Å². The molecule has 1 amide bonds. The molecule has 37 heavy (non-hydrogen) atoms. The second-order valence-electron chi connectivity index (χ2n) is 7.54. The lowest BCUT2D eigenvalue weighted by Gasteiger charge is -2.15. The number of benzene rings is 2. The number of nitrogens with zero attached hydrogens (tertiary/aromatic N) is 1. The molecular weight excluding hydrogens is 510 g/mol. The largest absolute Gasteiger partial charge is 0.493 e. The second-order valence-corrected chi connectivity index (χ2v) is 9.22. The summed E-state index contributed by atoms with van der Waals surface area (Å²) in [6.45, 7) is 4.45. The molecule has 0 spiro atoms. The number of carbonyl (C=O) groups excluding carboxylic acids is 2. The predicted octanol–water partition coefficient (Wildman–Crippen LogP) is 6.22. The summed E-state index contributed by atoms with van der Waals surface area (Å²) < 4.78 is 21.8. The Morgan fingerprint density at radius 1 is 1.00 bits per heavy atom. The number of hydrogen-bond acceptors (Lipinski definition) is 8. The Morgan fingerprint density at radius 2 is 1.70 bits per heavy atom. The SMILES string of the molecule is CC.COC(=O)c1ccc(-c2ccc(/C=C3/SC(=S)N(CCc4ccc(OC)c(OC)c4)C3=O)o2)cc1. The van der Waals surface area contributed by atoms with Crippen molar-refractivity contribution in [1.82, 2.24) is 4.90 Å². The summed E-state index contributed by atoms with van der Waals surface area (Å²) in [4.78, 5) is 26.7. The highest BCUT2D eigenvalue weighted by Gasteiger charge is 2.32. The van der Waals surface area contributed by atoms with Gasteiger partial charge in [0, 0.05) is 18.2 Å². The molecule has 194 valence electrons. The molecule has 7 nitrogen and oxygen atoms in total. The number of methoxy groups -OCH3 is 3. The van der Waals surface area contributed by atoms with E-state index in [-0.39, 0.29) is 5.91 Å². The normalized spacial score (nSPS) is 13.9. The van der Waals surface area contributed by atoms with Gasteiger partial charge in [-0.15, -0.1) is 0 Å². The number of furan rings is 1. The number of thiocarbonyl (C=S) groups is 1. The van der Waals surface area contributed by atoms with Gasteiger partial charge in [0.25, 0.3) is 5.91 Å². The third-order valence-electron chi connectivity index (χ3n) is 5.44. The van der Waals surface area contributed by atoms with E-state index < -0.39 is 5.97 Å². The highest BCUT2D eigenvalue weighted by atomic mass is 32.2. The van der Waals surface area contributed by atoms with E-state index in [0.717, 1.165) is 11.1 Å². The van der Waals surface area contributed by atoms with Crippen molar-refractivity contribution >= 4 is 46.3 Å². The molecule has 0 aliphatic carbocycles. The molecule has 9 heteroatoms. The number of amides is 1. The summed E-state index contributed by atoms with van der Waals surface area (Å²) in [6, 6.07) is 16.2. The molecule has 3 aromatic rings.